The zero-order chi connectivity index (χ0) is 14.8. The summed E-state index contributed by atoms with van der Waals surface area (Å²) in [6.45, 7) is 4.82. The third kappa shape index (κ3) is 3.56. The van der Waals surface area contributed by atoms with Gasteiger partial charge >= 0.3 is 5.97 Å². The van der Waals surface area contributed by atoms with E-state index >= 15 is 0 Å². The number of aryl methyl sites for hydroxylation is 1. The summed E-state index contributed by atoms with van der Waals surface area (Å²) in [6.07, 6.45) is 0. The van der Waals surface area contributed by atoms with Gasteiger partial charge in [-0.2, -0.15) is 0 Å². The van der Waals surface area contributed by atoms with E-state index in [1.54, 1.807) is 19.1 Å². The van der Waals surface area contributed by atoms with E-state index in [1.807, 2.05) is 0 Å². The number of hydrogen-bond donors (Lipinski definition) is 1. The molecule has 1 aromatic rings. The lowest BCUT2D eigenvalue weighted by Gasteiger charge is -2.10. The number of esters is 1. The third-order valence-corrected chi connectivity index (χ3v) is 4.76. The van der Waals surface area contributed by atoms with E-state index in [1.165, 1.54) is 13.2 Å². The second-order valence-electron chi connectivity index (χ2n) is 4.71. The van der Waals surface area contributed by atoms with Gasteiger partial charge in [0.2, 0.25) is 10.0 Å². The van der Waals surface area contributed by atoms with Crippen LogP contribution in [0.3, 0.4) is 0 Å². The van der Waals surface area contributed by atoms with Gasteiger partial charge in [0.1, 0.15) is 0 Å². The first-order valence-electron chi connectivity index (χ1n) is 6.35. The predicted molar refractivity (Wildman–Crippen MR) is 74.1 cm³/mol. The molecule has 0 aromatic heterocycles. The monoisotopic (exact) mass is 298 g/mol. The van der Waals surface area contributed by atoms with Crippen molar-refractivity contribution in [2.75, 3.05) is 33.3 Å². The predicted octanol–water partition coefficient (Wildman–Crippen LogP) is 0.376. The average molecular weight is 298 g/mol. The van der Waals surface area contributed by atoms with Crippen LogP contribution in [0.15, 0.2) is 23.1 Å². The molecule has 0 aliphatic carbocycles. The molecule has 0 saturated carbocycles. The lowest BCUT2D eigenvalue weighted by Crippen LogP contribution is -2.29. The molecular formula is C13H18N2O4S. The Morgan fingerprint density at radius 1 is 1.40 bits per heavy atom. The smallest absolute Gasteiger partial charge is 0.337 e. The molecule has 0 atom stereocenters. The molecule has 7 heteroatoms. The molecule has 1 heterocycles. The summed E-state index contributed by atoms with van der Waals surface area (Å²) in [6, 6.07) is 4.50. The summed E-state index contributed by atoms with van der Waals surface area (Å²) in [4.78, 5) is 13.7. The molecule has 110 valence electrons. The first-order valence-corrected chi connectivity index (χ1v) is 7.83. The molecule has 1 N–H and O–H groups in total. The SMILES string of the molecule is COC(=O)c1ccc(C)c(S(=O)(=O)NCCN2CC2)c1. The second-order valence-corrected chi connectivity index (χ2v) is 6.45. The molecule has 1 aliphatic heterocycles. The van der Waals surface area contributed by atoms with Crippen molar-refractivity contribution < 1.29 is 17.9 Å². The maximum Gasteiger partial charge on any atom is 0.337 e. The van der Waals surface area contributed by atoms with Gasteiger partial charge in [0.05, 0.1) is 17.6 Å². The Bertz CT molecular complexity index is 609. The zero-order valence-electron chi connectivity index (χ0n) is 11.5. The molecule has 1 fully saturated rings. The van der Waals surface area contributed by atoms with Crippen LogP contribution in [0, 0.1) is 6.92 Å². The van der Waals surface area contributed by atoms with Gasteiger partial charge in [-0.05, 0) is 24.6 Å². The Morgan fingerprint density at radius 3 is 2.70 bits per heavy atom. The van der Waals surface area contributed by atoms with Gasteiger partial charge in [-0.25, -0.2) is 17.9 Å². The van der Waals surface area contributed by atoms with Crippen molar-refractivity contribution in [1.82, 2.24) is 9.62 Å². The highest BCUT2D eigenvalue weighted by molar-refractivity contribution is 7.89. The summed E-state index contributed by atoms with van der Waals surface area (Å²) in [7, 11) is -2.34. The van der Waals surface area contributed by atoms with Gasteiger partial charge < -0.3 is 4.74 Å². The molecule has 2 rings (SSSR count). The van der Waals surface area contributed by atoms with Crippen molar-refractivity contribution >= 4 is 16.0 Å². The lowest BCUT2D eigenvalue weighted by atomic mass is 10.1. The molecule has 0 spiro atoms. The van der Waals surface area contributed by atoms with E-state index in [2.05, 4.69) is 14.4 Å². The van der Waals surface area contributed by atoms with Gasteiger partial charge in [0, 0.05) is 26.2 Å². The minimum atomic E-state index is -3.61. The molecule has 0 bridgehead atoms. The molecule has 0 unspecified atom stereocenters. The van der Waals surface area contributed by atoms with Crippen molar-refractivity contribution in [2.45, 2.75) is 11.8 Å². The molecular weight excluding hydrogens is 280 g/mol. The number of carbonyl (C=O) groups is 1. The maximum absolute atomic E-state index is 12.2. The van der Waals surface area contributed by atoms with Crippen LogP contribution >= 0.6 is 0 Å². The number of sulfonamides is 1. The highest BCUT2D eigenvalue weighted by Gasteiger charge is 2.21. The average Bonchev–Trinajstić information content (AvgIpc) is 3.22. The number of carbonyl (C=O) groups excluding carboxylic acids is 1. The number of benzene rings is 1. The Labute approximate surface area is 118 Å². The van der Waals surface area contributed by atoms with E-state index in [4.69, 9.17) is 0 Å². The Balaban J connectivity index is 2.17. The molecule has 1 aromatic carbocycles. The molecule has 0 radical (unpaired) electrons. The van der Waals surface area contributed by atoms with E-state index in [-0.39, 0.29) is 10.5 Å². The van der Waals surface area contributed by atoms with Crippen LogP contribution in [-0.2, 0) is 14.8 Å². The summed E-state index contributed by atoms with van der Waals surface area (Å²) in [5.41, 5.74) is 0.821. The number of nitrogens with zero attached hydrogens (tertiary/aromatic N) is 1. The summed E-state index contributed by atoms with van der Waals surface area (Å²) in [5.74, 6) is -0.550. The number of hydrogen-bond acceptors (Lipinski definition) is 5. The Hall–Kier alpha value is -1.44. The fourth-order valence-electron chi connectivity index (χ4n) is 1.84. The normalized spacial score (nSPS) is 15.1. The number of ether oxygens (including phenoxy) is 1. The number of rotatable bonds is 6. The van der Waals surface area contributed by atoms with Crippen molar-refractivity contribution in [3.05, 3.63) is 29.3 Å². The molecule has 6 nitrogen and oxygen atoms in total. The second kappa shape index (κ2) is 5.90. The van der Waals surface area contributed by atoms with Crippen molar-refractivity contribution in [1.29, 1.82) is 0 Å². The van der Waals surface area contributed by atoms with E-state index in [9.17, 15) is 13.2 Å². The van der Waals surface area contributed by atoms with Gasteiger partial charge in [0.25, 0.3) is 0 Å². The van der Waals surface area contributed by atoms with Crippen LogP contribution in [0.1, 0.15) is 15.9 Å². The zero-order valence-corrected chi connectivity index (χ0v) is 12.4. The van der Waals surface area contributed by atoms with Crippen LogP contribution in [-0.4, -0.2) is 52.6 Å². The van der Waals surface area contributed by atoms with Crippen LogP contribution in [0.2, 0.25) is 0 Å². The Morgan fingerprint density at radius 2 is 2.10 bits per heavy atom. The number of nitrogens with one attached hydrogen (secondary N) is 1. The fraction of sp³-hybridized carbons (Fsp3) is 0.462. The summed E-state index contributed by atoms with van der Waals surface area (Å²) >= 11 is 0. The third-order valence-electron chi connectivity index (χ3n) is 3.16. The van der Waals surface area contributed by atoms with Crippen molar-refractivity contribution in [2.24, 2.45) is 0 Å². The Kier molecular flexibility index (Phi) is 4.42. The fourth-order valence-corrected chi connectivity index (χ4v) is 3.13. The minimum Gasteiger partial charge on any atom is -0.465 e. The van der Waals surface area contributed by atoms with Crippen LogP contribution < -0.4 is 4.72 Å². The van der Waals surface area contributed by atoms with Crippen LogP contribution in [0.4, 0.5) is 0 Å². The lowest BCUT2D eigenvalue weighted by molar-refractivity contribution is 0.0600. The molecule has 0 amide bonds. The highest BCUT2D eigenvalue weighted by Crippen LogP contribution is 2.17. The van der Waals surface area contributed by atoms with E-state index < -0.39 is 16.0 Å². The first-order chi connectivity index (χ1) is 9.44. The summed E-state index contributed by atoms with van der Waals surface area (Å²) in [5, 5.41) is 0. The van der Waals surface area contributed by atoms with Crippen molar-refractivity contribution in [3.8, 4) is 0 Å². The molecule has 1 aliphatic rings. The molecule has 20 heavy (non-hydrogen) atoms. The van der Waals surface area contributed by atoms with E-state index in [0.717, 1.165) is 13.1 Å². The standard InChI is InChI=1S/C13H18N2O4S/c1-10-3-4-11(13(16)19-2)9-12(10)20(17,18)14-5-6-15-7-8-15/h3-4,9,14H,5-8H2,1-2H3. The number of methoxy groups -OCH3 is 1. The van der Waals surface area contributed by atoms with E-state index in [0.29, 0.717) is 18.7 Å². The van der Waals surface area contributed by atoms with Crippen LogP contribution in [0.5, 0.6) is 0 Å². The van der Waals surface area contributed by atoms with Gasteiger partial charge in [0.15, 0.2) is 0 Å². The quantitative estimate of drug-likeness (QED) is 0.607. The maximum atomic E-state index is 12.2. The van der Waals surface area contributed by atoms with Crippen molar-refractivity contribution in [3.63, 3.8) is 0 Å². The minimum absolute atomic E-state index is 0.117. The first kappa shape index (κ1) is 15.0. The van der Waals surface area contributed by atoms with Gasteiger partial charge in [-0.15, -0.1) is 0 Å². The highest BCUT2D eigenvalue weighted by atomic mass is 32.2. The van der Waals surface area contributed by atoms with Gasteiger partial charge in [-0.1, -0.05) is 6.07 Å². The molecule has 1 saturated heterocycles. The van der Waals surface area contributed by atoms with Crippen LogP contribution in [0.25, 0.3) is 0 Å². The topological polar surface area (TPSA) is 75.5 Å². The summed E-state index contributed by atoms with van der Waals surface area (Å²) < 4.78 is 31.6. The van der Waals surface area contributed by atoms with Gasteiger partial charge in [-0.3, -0.25) is 4.90 Å². The largest absolute Gasteiger partial charge is 0.465 e.